The Balaban J connectivity index is 1.40. The first-order valence-corrected chi connectivity index (χ1v) is 11.2. The summed E-state index contributed by atoms with van der Waals surface area (Å²) >= 11 is 1.61. The molecule has 0 unspecified atom stereocenters. The van der Waals surface area contributed by atoms with Crippen molar-refractivity contribution in [1.29, 1.82) is 5.26 Å². The molecule has 0 aliphatic carbocycles. The lowest BCUT2D eigenvalue weighted by atomic mass is 10.1. The van der Waals surface area contributed by atoms with Crippen molar-refractivity contribution in [3.05, 3.63) is 125 Å². The number of hydrogen-bond donors (Lipinski definition) is 1. The molecule has 5 heteroatoms. The molecule has 0 aliphatic rings. The van der Waals surface area contributed by atoms with E-state index in [4.69, 9.17) is 5.26 Å². The highest BCUT2D eigenvalue weighted by molar-refractivity contribution is 7.98. The highest BCUT2D eigenvalue weighted by Gasteiger charge is 2.12. The van der Waals surface area contributed by atoms with Gasteiger partial charge in [-0.15, -0.1) is 11.8 Å². The number of anilines is 1. The molecule has 1 amide bonds. The minimum atomic E-state index is -0.130. The average Bonchev–Trinajstić information content (AvgIpc) is 2.85. The summed E-state index contributed by atoms with van der Waals surface area (Å²) in [5, 5.41) is 11.9. The summed E-state index contributed by atoms with van der Waals surface area (Å²) < 4.78 is 0. The van der Waals surface area contributed by atoms with Crippen LogP contribution < -0.4 is 5.32 Å². The van der Waals surface area contributed by atoms with E-state index in [1.165, 1.54) is 11.1 Å². The van der Waals surface area contributed by atoms with Gasteiger partial charge in [0.2, 0.25) is 0 Å². The number of nitrogens with zero attached hydrogens (tertiary/aromatic N) is 2. The molecular weight excluding hydrogens is 414 g/mol. The normalized spacial score (nSPS) is 10.3. The van der Waals surface area contributed by atoms with Gasteiger partial charge in [-0.05, 0) is 71.6 Å². The van der Waals surface area contributed by atoms with Crippen molar-refractivity contribution in [2.24, 2.45) is 0 Å². The van der Waals surface area contributed by atoms with Gasteiger partial charge in [0.25, 0.3) is 5.91 Å². The zero-order chi connectivity index (χ0) is 22.2. The number of carbonyl (C=O) groups is 1. The van der Waals surface area contributed by atoms with E-state index in [2.05, 4.69) is 16.4 Å². The van der Waals surface area contributed by atoms with Crippen molar-refractivity contribution in [2.75, 3.05) is 5.32 Å². The summed E-state index contributed by atoms with van der Waals surface area (Å²) in [6.45, 7) is 0. The number of nitrogens with one attached hydrogen (secondary N) is 1. The lowest BCUT2D eigenvalue weighted by molar-refractivity contribution is 0.102. The highest BCUT2D eigenvalue weighted by Crippen LogP contribution is 2.27. The molecular formula is C27H21N3OS. The maximum atomic E-state index is 12.9. The molecule has 3 aromatic carbocycles. The molecule has 0 bridgehead atoms. The number of thioether (sulfide) groups is 1. The maximum Gasteiger partial charge on any atom is 0.256 e. The van der Waals surface area contributed by atoms with Gasteiger partial charge < -0.3 is 5.32 Å². The SMILES string of the molecule is N#Cc1ccc(CSc2ccccc2C(=O)Nc2ccc(Cc3ccncc3)cc2)cc1. The largest absolute Gasteiger partial charge is 0.322 e. The number of aromatic nitrogens is 1. The van der Waals surface area contributed by atoms with Gasteiger partial charge in [0, 0.05) is 28.7 Å². The third-order valence-electron chi connectivity index (χ3n) is 4.98. The van der Waals surface area contributed by atoms with Gasteiger partial charge in [-0.25, -0.2) is 0 Å². The summed E-state index contributed by atoms with van der Waals surface area (Å²) in [7, 11) is 0. The van der Waals surface area contributed by atoms with E-state index in [-0.39, 0.29) is 5.91 Å². The summed E-state index contributed by atoms with van der Waals surface area (Å²) in [5.41, 5.74) is 5.53. The van der Waals surface area contributed by atoms with E-state index in [0.29, 0.717) is 11.1 Å². The summed E-state index contributed by atoms with van der Waals surface area (Å²) in [5.74, 6) is 0.592. The standard InChI is InChI=1S/C27H21N3OS/c28-18-22-5-7-23(8-6-22)19-32-26-4-2-1-3-25(26)27(31)30-24-11-9-20(10-12-24)17-21-13-15-29-16-14-21/h1-16H,17,19H2,(H,30,31). The van der Waals surface area contributed by atoms with Crippen LogP contribution >= 0.6 is 11.8 Å². The first kappa shape index (κ1) is 21.4. The molecule has 4 nitrogen and oxygen atoms in total. The third kappa shape index (κ3) is 5.63. The van der Waals surface area contributed by atoms with Crippen LogP contribution in [0, 0.1) is 11.3 Å². The molecule has 0 spiro atoms. The molecule has 0 atom stereocenters. The van der Waals surface area contributed by atoms with E-state index in [1.54, 1.807) is 24.2 Å². The zero-order valence-electron chi connectivity index (χ0n) is 17.4. The molecule has 1 aromatic heterocycles. The predicted molar refractivity (Wildman–Crippen MR) is 129 cm³/mol. The maximum absolute atomic E-state index is 12.9. The molecule has 156 valence electrons. The number of carbonyl (C=O) groups excluding carboxylic acids is 1. The van der Waals surface area contributed by atoms with Crippen molar-refractivity contribution in [3.8, 4) is 6.07 Å². The van der Waals surface area contributed by atoms with Crippen molar-refractivity contribution in [2.45, 2.75) is 17.1 Å². The Bertz CT molecular complexity index is 1230. The Morgan fingerprint density at radius 1 is 0.844 bits per heavy atom. The molecule has 1 heterocycles. The van der Waals surface area contributed by atoms with Crippen LogP contribution in [-0.2, 0) is 12.2 Å². The quantitative estimate of drug-likeness (QED) is 0.357. The second kappa shape index (κ2) is 10.4. The topological polar surface area (TPSA) is 65.8 Å². The first-order chi connectivity index (χ1) is 15.7. The van der Waals surface area contributed by atoms with Gasteiger partial charge in [-0.1, -0.05) is 36.4 Å². The Morgan fingerprint density at radius 2 is 1.50 bits per heavy atom. The van der Waals surface area contributed by atoms with Crippen LogP contribution in [0.15, 0.2) is 102 Å². The van der Waals surface area contributed by atoms with Crippen molar-refractivity contribution < 1.29 is 4.79 Å². The summed E-state index contributed by atoms with van der Waals surface area (Å²) in [6, 6.07) is 29.2. The average molecular weight is 436 g/mol. The lowest BCUT2D eigenvalue weighted by Crippen LogP contribution is -2.13. The van der Waals surface area contributed by atoms with Gasteiger partial charge in [-0.3, -0.25) is 9.78 Å². The smallest absolute Gasteiger partial charge is 0.256 e. The van der Waals surface area contributed by atoms with E-state index in [9.17, 15) is 4.79 Å². The second-order valence-corrected chi connectivity index (χ2v) is 8.29. The second-order valence-electron chi connectivity index (χ2n) is 7.28. The molecule has 0 fully saturated rings. The number of amides is 1. The molecule has 0 saturated heterocycles. The van der Waals surface area contributed by atoms with Crippen LogP contribution in [0.5, 0.6) is 0 Å². The fourth-order valence-electron chi connectivity index (χ4n) is 3.26. The Labute approximate surface area is 192 Å². The van der Waals surface area contributed by atoms with Crippen LogP contribution in [0.25, 0.3) is 0 Å². The van der Waals surface area contributed by atoms with Gasteiger partial charge in [0.15, 0.2) is 0 Å². The minimum Gasteiger partial charge on any atom is -0.322 e. The monoisotopic (exact) mass is 435 g/mol. The van der Waals surface area contributed by atoms with E-state index in [0.717, 1.165) is 28.3 Å². The number of rotatable bonds is 7. The first-order valence-electron chi connectivity index (χ1n) is 10.2. The van der Waals surface area contributed by atoms with Gasteiger partial charge in [0.1, 0.15) is 0 Å². The van der Waals surface area contributed by atoms with Crippen molar-refractivity contribution >= 4 is 23.4 Å². The van der Waals surface area contributed by atoms with Crippen molar-refractivity contribution in [1.82, 2.24) is 4.98 Å². The van der Waals surface area contributed by atoms with Gasteiger partial charge in [0.05, 0.1) is 17.2 Å². The predicted octanol–water partition coefficient (Wildman–Crippen LogP) is 6.09. The molecule has 4 rings (SSSR count). The molecule has 4 aromatic rings. The van der Waals surface area contributed by atoms with Gasteiger partial charge >= 0.3 is 0 Å². The Morgan fingerprint density at radius 3 is 2.22 bits per heavy atom. The van der Waals surface area contributed by atoms with E-state index in [1.807, 2.05) is 84.9 Å². The molecule has 32 heavy (non-hydrogen) atoms. The zero-order valence-corrected chi connectivity index (χ0v) is 18.2. The Kier molecular flexibility index (Phi) is 6.96. The van der Waals surface area contributed by atoms with Gasteiger partial charge in [-0.2, -0.15) is 5.26 Å². The number of pyridine rings is 1. The Hall–Kier alpha value is -3.88. The molecule has 0 saturated carbocycles. The third-order valence-corrected chi connectivity index (χ3v) is 6.12. The number of nitriles is 1. The lowest BCUT2D eigenvalue weighted by Gasteiger charge is -2.11. The van der Waals surface area contributed by atoms with Crippen LogP contribution in [0.2, 0.25) is 0 Å². The fourth-order valence-corrected chi connectivity index (χ4v) is 4.26. The van der Waals surface area contributed by atoms with E-state index < -0.39 is 0 Å². The van der Waals surface area contributed by atoms with E-state index >= 15 is 0 Å². The summed E-state index contributed by atoms with van der Waals surface area (Å²) in [6.07, 6.45) is 4.41. The number of hydrogen-bond acceptors (Lipinski definition) is 4. The van der Waals surface area contributed by atoms with Crippen molar-refractivity contribution in [3.63, 3.8) is 0 Å². The van der Waals surface area contributed by atoms with Crippen LogP contribution in [0.4, 0.5) is 5.69 Å². The number of benzene rings is 3. The molecule has 0 aliphatic heterocycles. The summed E-state index contributed by atoms with van der Waals surface area (Å²) in [4.78, 5) is 17.9. The molecule has 0 radical (unpaired) electrons. The van der Waals surface area contributed by atoms with Crippen LogP contribution in [-0.4, -0.2) is 10.9 Å². The highest BCUT2D eigenvalue weighted by atomic mass is 32.2. The fraction of sp³-hybridized carbons (Fsp3) is 0.0741. The molecule has 1 N–H and O–H groups in total. The van der Waals surface area contributed by atoms with Crippen LogP contribution in [0.3, 0.4) is 0 Å². The van der Waals surface area contributed by atoms with Crippen LogP contribution in [0.1, 0.15) is 32.6 Å². The minimum absolute atomic E-state index is 0.130.